The molecular formula is C18H20O4. The predicted octanol–water partition coefficient (Wildman–Crippen LogP) is 3.31. The van der Waals surface area contributed by atoms with Crippen LogP contribution in [0.1, 0.15) is 33.9 Å². The molecule has 0 aromatic heterocycles. The van der Waals surface area contributed by atoms with Crippen LogP contribution in [0.4, 0.5) is 0 Å². The number of benzene rings is 2. The molecule has 2 rings (SSSR count). The van der Waals surface area contributed by atoms with E-state index in [-0.39, 0.29) is 6.61 Å². The second-order valence-corrected chi connectivity index (χ2v) is 5.46. The molecular weight excluding hydrogens is 280 g/mol. The Balaban J connectivity index is 2.25. The van der Waals surface area contributed by atoms with Crippen molar-refractivity contribution in [2.24, 2.45) is 0 Å². The number of ether oxygens (including phenoxy) is 1. The fourth-order valence-corrected chi connectivity index (χ4v) is 2.61. The van der Waals surface area contributed by atoms with Crippen molar-refractivity contribution in [3.63, 3.8) is 0 Å². The summed E-state index contributed by atoms with van der Waals surface area (Å²) in [6, 6.07) is 11.0. The zero-order valence-electron chi connectivity index (χ0n) is 13.0. The van der Waals surface area contributed by atoms with Crippen LogP contribution in [0.2, 0.25) is 0 Å². The molecule has 1 atom stereocenters. The summed E-state index contributed by atoms with van der Waals surface area (Å²) in [4.78, 5) is 11.0. The van der Waals surface area contributed by atoms with Crippen LogP contribution < -0.4 is 4.74 Å². The first-order chi connectivity index (χ1) is 10.4. The molecule has 22 heavy (non-hydrogen) atoms. The Bertz CT molecular complexity index is 668. The summed E-state index contributed by atoms with van der Waals surface area (Å²) < 4.78 is 5.88. The zero-order valence-corrected chi connectivity index (χ0v) is 13.0. The summed E-state index contributed by atoms with van der Waals surface area (Å²) in [6.45, 7) is 6.20. The van der Waals surface area contributed by atoms with Gasteiger partial charge in [0.25, 0.3) is 0 Å². The molecule has 0 saturated heterocycles. The summed E-state index contributed by atoms with van der Waals surface area (Å²) in [5.41, 5.74) is 4.26. The number of aliphatic hydroxyl groups is 1. The van der Waals surface area contributed by atoms with Crippen molar-refractivity contribution in [2.45, 2.75) is 33.5 Å². The van der Waals surface area contributed by atoms with Crippen molar-refractivity contribution in [3.05, 3.63) is 64.2 Å². The van der Waals surface area contributed by atoms with E-state index in [1.54, 1.807) is 24.3 Å². The van der Waals surface area contributed by atoms with E-state index in [1.807, 2.05) is 32.9 Å². The standard InChI is InChI=1S/C18H20O4/c1-11-8-12(2)17(13(3)9-11)22-10-14-6-4-5-7-15(14)16(19)18(20)21/h4-9,16,19H,10H2,1-3H3,(H,20,21). The molecule has 4 heteroatoms. The third-order valence-corrected chi connectivity index (χ3v) is 3.56. The highest BCUT2D eigenvalue weighted by Crippen LogP contribution is 2.27. The van der Waals surface area contributed by atoms with Gasteiger partial charge in [-0.3, -0.25) is 0 Å². The molecule has 0 aliphatic carbocycles. The van der Waals surface area contributed by atoms with Crippen LogP contribution in [-0.4, -0.2) is 16.2 Å². The van der Waals surface area contributed by atoms with Crippen LogP contribution in [0.3, 0.4) is 0 Å². The van der Waals surface area contributed by atoms with E-state index in [0.717, 1.165) is 16.9 Å². The normalized spacial score (nSPS) is 12.0. The van der Waals surface area contributed by atoms with E-state index < -0.39 is 12.1 Å². The number of carbonyl (C=O) groups is 1. The van der Waals surface area contributed by atoms with E-state index in [4.69, 9.17) is 9.84 Å². The number of aryl methyl sites for hydroxylation is 3. The first-order valence-electron chi connectivity index (χ1n) is 7.09. The Kier molecular flexibility index (Phi) is 4.83. The average molecular weight is 300 g/mol. The number of aliphatic carboxylic acids is 1. The second kappa shape index (κ2) is 6.62. The van der Waals surface area contributed by atoms with Gasteiger partial charge in [0.1, 0.15) is 12.4 Å². The third kappa shape index (κ3) is 3.46. The Morgan fingerprint density at radius 2 is 1.73 bits per heavy atom. The van der Waals surface area contributed by atoms with Gasteiger partial charge in [-0.1, -0.05) is 42.0 Å². The van der Waals surface area contributed by atoms with Gasteiger partial charge in [0.15, 0.2) is 6.10 Å². The fourth-order valence-electron chi connectivity index (χ4n) is 2.61. The molecule has 2 aromatic carbocycles. The molecule has 0 fully saturated rings. The molecule has 116 valence electrons. The first-order valence-corrected chi connectivity index (χ1v) is 7.09. The highest BCUT2D eigenvalue weighted by molar-refractivity contribution is 5.74. The Morgan fingerprint density at radius 1 is 1.14 bits per heavy atom. The SMILES string of the molecule is Cc1cc(C)c(OCc2ccccc2C(O)C(=O)O)c(C)c1. The zero-order chi connectivity index (χ0) is 16.3. The van der Waals surface area contributed by atoms with Crippen LogP contribution >= 0.6 is 0 Å². The summed E-state index contributed by atoms with van der Waals surface area (Å²) >= 11 is 0. The summed E-state index contributed by atoms with van der Waals surface area (Å²) in [5.74, 6) is -0.472. The van der Waals surface area contributed by atoms with Crippen LogP contribution in [0.5, 0.6) is 5.75 Å². The topological polar surface area (TPSA) is 66.8 Å². The number of carboxylic acids is 1. The molecule has 0 heterocycles. The number of carboxylic acid groups (broad SMARTS) is 1. The van der Waals surface area contributed by atoms with E-state index in [2.05, 4.69) is 0 Å². The number of rotatable bonds is 5. The lowest BCUT2D eigenvalue weighted by Gasteiger charge is -2.16. The molecule has 0 spiro atoms. The minimum atomic E-state index is -1.54. The van der Waals surface area contributed by atoms with E-state index in [0.29, 0.717) is 11.1 Å². The number of hydrogen-bond acceptors (Lipinski definition) is 3. The van der Waals surface area contributed by atoms with Crippen LogP contribution in [0, 0.1) is 20.8 Å². The lowest BCUT2D eigenvalue weighted by atomic mass is 10.0. The van der Waals surface area contributed by atoms with E-state index in [9.17, 15) is 9.90 Å². The van der Waals surface area contributed by atoms with Gasteiger partial charge in [0.2, 0.25) is 0 Å². The second-order valence-electron chi connectivity index (χ2n) is 5.46. The fraction of sp³-hybridized carbons (Fsp3) is 0.278. The summed E-state index contributed by atoms with van der Waals surface area (Å²) in [7, 11) is 0. The summed E-state index contributed by atoms with van der Waals surface area (Å²) in [6.07, 6.45) is -1.54. The van der Waals surface area contributed by atoms with Crippen LogP contribution in [-0.2, 0) is 11.4 Å². The van der Waals surface area contributed by atoms with Crippen molar-refractivity contribution in [3.8, 4) is 5.75 Å². The summed E-state index contributed by atoms with van der Waals surface area (Å²) in [5, 5.41) is 18.7. The average Bonchev–Trinajstić information content (AvgIpc) is 2.45. The van der Waals surface area contributed by atoms with Crippen molar-refractivity contribution < 1.29 is 19.7 Å². The molecule has 4 nitrogen and oxygen atoms in total. The van der Waals surface area contributed by atoms with Gasteiger partial charge in [-0.15, -0.1) is 0 Å². The van der Waals surface area contributed by atoms with Crippen molar-refractivity contribution >= 4 is 5.97 Å². The van der Waals surface area contributed by atoms with Gasteiger partial charge in [-0.05, 0) is 43.0 Å². The largest absolute Gasteiger partial charge is 0.488 e. The van der Waals surface area contributed by atoms with Gasteiger partial charge >= 0.3 is 5.97 Å². The molecule has 0 radical (unpaired) electrons. The molecule has 0 aliphatic heterocycles. The molecule has 0 aliphatic rings. The monoisotopic (exact) mass is 300 g/mol. The maximum Gasteiger partial charge on any atom is 0.337 e. The Morgan fingerprint density at radius 3 is 2.32 bits per heavy atom. The third-order valence-electron chi connectivity index (χ3n) is 3.56. The number of aliphatic hydroxyl groups excluding tert-OH is 1. The van der Waals surface area contributed by atoms with E-state index >= 15 is 0 Å². The molecule has 0 bridgehead atoms. The smallest absolute Gasteiger partial charge is 0.337 e. The van der Waals surface area contributed by atoms with Gasteiger partial charge in [-0.25, -0.2) is 4.79 Å². The van der Waals surface area contributed by atoms with Crippen molar-refractivity contribution in [2.75, 3.05) is 0 Å². The minimum absolute atomic E-state index is 0.214. The number of hydrogen-bond donors (Lipinski definition) is 2. The highest BCUT2D eigenvalue weighted by Gasteiger charge is 2.19. The molecule has 0 amide bonds. The maximum atomic E-state index is 11.0. The molecule has 0 saturated carbocycles. The lowest BCUT2D eigenvalue weighted by molar-refractivity contribution is -0.147. The minimum Gasteiger partial charge on any atom is -0.488 e. The van der Waals surface area contributed by atoms with Crippen molar-refractivity contribution in [1.29, 1.82) is 0 Å². The molecule has 2 aromatic rings. The van der Waals surface area contributed by atoms with Crippen molar-refractivity contribution in [1.82, 2.24) is 0 Å². The highest BCUT2D eigenvalue weighted by atomic mass is 16.5. The quantitative estimate of drug-likeness (QED) is 0.889. The van der Waals surface area contributed by atoms with Gasteiger partial charge < -0.3 is 14.9 Å². The predicted molar refractivity (Wildman–Crippen MR) is 84.0 cm³/mol. The Hall–Kier alpha value is -2.33. The van der Waals surface area contributed by atoms with Gasteiger partial charge in [0, 0.05) is 0 Å². The molecule has 1 unspecified atom stereocenters. The van der Waals surface area contributed by atoms with Crippen LogP contribution in [0.15, 0.2) is 36.4 Å². The maximum absolute atomic E-state index is 11.0. The van der Waals surface area contributed by atoms with Gasteiger partial charge in [0.05, 0.1) is 0 Å². The molecule has 2 N–H and O–H groups in total. The Labute approximate surface area is 130 Å². The van der Waals surface area contributed by atoms with Crippen LogP contribution in [0.25, 0.3) is 0 Å². The first kappa shape index (κ1) is 16.0. The van der Waals surface area contributed by atoms with Gasteiger partial charge in [-0.2, -0.15) is 0 Å². The lowest BCUT2D eigenvalue weighted by Crippen LogP contribution is -2.13. The van der Waals surface area contributed by atoms with E-state index in [1.165, 1.54) is 5.56 Å².